The molecule has 0 aromatic carbocycles. The van der Waals surface area contributed by atoms with E-state index in [2.05, 4.69) is 25.3 Å². The number of hydrogen-bond acceptors (Lipinski definition) is 7. The van der Waals surface area contributed by atoms with Crippen molar-refractivity contribution in [3.05, 3.63) is 24.2 Å². The molecule has 2 aliphatic rings. The summed E-state index contributed by atoms with van der Waals surface area (Å²) < 4.78 is 10.4. The smallest absolute Gasteiger partial charge is 0.251 e. The molecule has 1 atom stereocenters. The molecular formula is C20H27N5O3. The first-order chi connectivity index (χ1) is 13.7. The molecule has 2 fully saturated rings. The lowest BCUT2D eigenvalue weighted by Gasteiger charge is -2.34. The summed E-state index contributed by atoms with van der Waals surface area (Å²) in [4.78, 5) is 23.0. The molecule has 28 heavy (non-hydrogen) atoms. The second kappa shape index (κ2) is 8.79. The van der Waals surface area contributed by atoms with E-state index in [-0.39, 0.29) is 18.6 Å². The molecule has 0 unspecified atom stereocenters. The summed E-state index contributed by atoms with van der Waals surface area (Å²) in [6.45, 7) is 1.11. The van der Waals surface area contributed by atoms with Gasteiger partial charge in [-0.15, -0.1) is 0 Å². The number of carbonyl (C=O) groups is 1. The Kier molecular flexibility index (Phi) is 5.97. The van der Waals surface area contributed by atoms with Gasteiger partial charge in [-0.3, -0.25) is 9.69 Å². The van der Waals surface area contributed by atoms with E-state index in [1.54, 1.807) is 12.3 Å². The standard InChI is InChI=1S/C20H27N5O3/c1-27-13-18(26)22-17-10-9-14(12-21-17)19-23-20(28-24-19)16-8-5-11-25(16)15-6-3-2-4-7-15/h9-10,12,15-16H,2-8,11,13H2,1H3,(H,21,22,26)/t16-/m1/s1. The lowest BCUT2D eigenvalue weighted by atomic mass is 9.94. The van der Waals surface area contributed by atoms with Crippen LogP contribution >= 0.6 is 0 Å². The van der Waals surface area contributed by atoms with Gasteiger partial charge in [0.1, 0.15) is 12.4 Å². The number of nitrogens with one attached hydrogen (secondary N) is 1. The Hall–Kier alpha value is -2.32. The molecule has 0 radical (unpaired) electrons. The average Bonchev–Trinajstić information content (AvgIpc) is 3.39. The van der Waals surface area contributed by atoms with Crippen LogP contribution < -0.4 is 5.32 Å². The minimum atomic E-state index is -0.242. The molecule has 4 rings (SSSR count). The number of amides is 1. The number of pyridine rings is 1. The van der Waals surface area contributed by atoms with Crippen molar-refractivity contribution < 1.29 is 14.1 Å². The molecule has 1 amide bonds. The van der Waals surface area contributed by atoms with Gasteiger partial charge in [-0.05, 0) is 44.4 Å². The fourth-order valence-corrected chi connectivity index (χ4v) is 4.30. The summed E-state index contributed by atoms with van der Waals surface area (Å²) in [7, 11) is 1.48. The van der Waals surface area contributed by atoms with Crippen molar-refractivity contribution in [3.8, 4) is 11.4 Å². The van der Waals surface area contributed by atoms with Crippen LogP contribution in [0, 0.1) is 0 Å². The quantitative estimate of drug-likeness (QED) is 0.816. The van der Waals surface area contributed by atoms with E-state index in [9.17, 15) is 4.79 Å². The van der Waals surface area contributed by atoms with Crippen molar-refractivity contribution in [2.24, 2.45) is 0 Å². The van der Waals surface area contributed by atoms with E-state index >= 15 is 0 Å². The average molecular weight is 385 g/mol. The van der Waals surface area contributed by atoms with Gasteiger partial charge in [-0.25, -0.2) is 4.98 Å². The molecule has 0 bridgehead atoms. The maximum Gasteiger partial charge on any atom is 0.251 e. The number of carbonyl (C=O) groups excluding carboxylic acids is 1. The molecule has 150 valence electrons. The third kappa shape index (κ3) is 4.23. The van der Waals surface area contributed by atoms with E-state index in [1.807, 2.05) is 6.07 Å². The SMILES string of the molecule is COCC(=O)Nc1ccc(-c2noc([C@H]3CCCN3C3CCCCC3)n2)cn1. The van der Waals surface area contributed by atoms with Crippen molar-refractivity contribution in [2.75, 3.05) is 25.6 Å². The molecule has 1 aliphatic heterocycles. The largest absolute Gasteiger partial charge is 0.375 e. The first-order valence-corrected chi connectivity index (χ1v) is 10.1. The predicted molar refractivity (Wildman–Crippen MR) is 104 cm³/mol. The second-order valence-electron chi connectivity index (χ2n) is 7.56. The first kappa shape index (κ1) is 19.0. The van der Waals surface area contributed by atoms with Gasteiger partial charge >= 0.3 is 0 Å². The van der Waals surface area contributed by atoms with E-state index < -0.39 is 0 Å². The number of hydrogen-bond donors (Lipinski definition) is 1. The van der Waals surface area contributed by atoms with Gasteiger partial charge in [0.15, 0.2) is 0 Å². The van der Waals surface area contributed by atoms with Crippen LogP contribution in [0.5, 0.6) is 0 Å². The number of methoxy groups -OCH3 is 1. The molecular weight excluding hydrogens is 358 g/mol. The summed E-state index contributed by atoms with van der Waals surface area (Å²) in [5.74, 6) is 1.46. The monoisotopic (exact) mass is 385 g/mol. The normalized spacial score (nSPS) is 21.1. The van der Waals surface area contributed by atoms with Crippen LogP contribution in [0.2, 0.25) is 0 Å². The highest BCUT2D eigenvalue weighted by atomic mass is 16.5. The third-order valence-electron chi connectivity index (χ3n) is 5.63. The molecule has 1 saturated heterocycles. The first-order valence-electron chi connectivity index (χ1n) is 10.1. The van der Waals surface area contributed by atoms with Gasteiger partial charge in [-0.1, -0.05) is 24.4 Å². The highest BCUT2D eigenvalue weighted by Crippen LogP contribution is 2.37. The van der Waals surface area contributed by atoms with Crippen molar-refractivity contribution in [1.82, 2.24) is 20.0 Å². The molecule has 1 aliphatic carbocycles. The number of aromatic nitrogens is 3. The van der Waals surface area contributed by atoms with Crippen molar-refractivity contribution in [1.29, 1.82) is 0 Å². The van der Waals surface area contributed by atoms with Gasteiger partial charge in [0, 0.05) is 24.9 Å². The molecule has 8 heteroatoms. The van der Waals surface area contributed by atoms with Crippen LogP contribution in [0.4, 0.5) is 5.82 Å². The third-order valence-corrected chi connectivity index (χ3v) is 5.63. The number of ether oxygens (including phenoxy) is 1. The lowest BCUT2D eigenvalue weighted by molar-refractivity contribution is -0.119. The molecule has 1 saturated carbocycles. The zero-order valence-corrected chi connectivity index (χ0v) is 16.3. The zero-order chi connectivity index (χ0) is 19.3. The van der Waals surface area contributed by atoms with E-state index in [0.717, 1.165) is 18.5 Å². The van der Waals surface area contributed by atoms with Crippen molar-refractivity contribution in [2.45, 2.75) is 57.0 Å². The predicted octanol–water partition coefficient (Wildman–Crippen LogP) is 3.19. The summed E-state index contributed by atoms with van der Waals surface area (Å²) in [6.07, 6.45) is 10.4. The number of rotatable bonds is 6. The Bertz CT molecular complexity index is 785. The summed E-state index contributed by atoms with van der Waals surface area (Å²) >= 11 is 0. The maximum atomic E-state index is 11.6. The van der Waals surface area contributed by atoms with Crippen LogP contribution in [0.3, 0.4) is 0 Å². The molecule has 3 heterocycles. The summed E-state index contributed by atoms with van der Waals surface area (Å²) in [5, 5.41) is 6.84. The Morgan fingerprint density at radius 3 is 2.86 bits per heavy atom. The van der Waals surface area contributed by atoms with Crippen LogP contribution in [-0.2, 0) is 9.53 Å². The number of anilines is 1. The fourth-order valence-electron chi connectivity index (χ4n) is 4.30. The Balaban J connectivity index is 1.44. The highest BCUT2D eigenvalue weighted by molar-refractivity contribution is 5.90. The van der Waals surface area contributed by atoms with Crippen molar-refractivity contribution >= 4 is 11.7 Å². The van der Waals surface area contributed by atoms with Gasteiger partial charge in [-0.2, -0.15) is 4.98 Å². The number of nitrogens with zero attached hydrogens (tertiary/aromatic N) is 4. The van der Waals surface area contributed by atoms with E-state index in [1.165, 1.54) is 45.6 Å². The topological polar surface area (TPSA) is 93.4 Å². The van der Waals surface area contributed by atoms with E-state index in [0.29, 0.717) is 23.6 Å². The van der Waals surface area contributed by atoms with Crippen molar-refractivity contribution in [3.63, 3.8) is 0 Å². The summed E-state index contributed by atoms with van der Waals surface area (Å²) in [6, 6.07) is 4.43. The fraction of sp³-hybridized carbons (Fsp3) is 0.600. The Labute approximate surface area is 164 Å². The lowest BCUT2D eigenvalue weighted by Crippen LogP contribution is -2.36. The Morgan fingerprint density at radius 1 is 1.25 bits per heavy atom. The highest BCUT2D eigenvalue weighted by Gasteiger charge is 2.35. The Morgan fingerprint density at radius 2 is 2.11 bits per heavy atom. The minimum absolute atomic E-state index is 0.00346. The van der Waals surface area contributed by atoms with Crippen LogP contribution in [0.25, 0.3) is 11.4 Å². The summed E-state index contributed by atoms with van der Waals surface area (Å²) in [5.41, 5.74) is 0.766. The van der Waals surface area contributed by atoms with Gasteiger partial charge in [0.2, 0.25) is 11.7 Å². The van der Waals surface area contributed by atoms with Crippen LogP contribution in [0.15, 0.2) is 22.9 Å². The molecule has 1 N–H and O–H groups in total. The second-order valence-corrected chi connectivity index (χ2v) is 7.56. The maximum absolute atomic E-state index is 11.6. The molecule has 8 nitrogen and oxygen atoms in total. The minimum Gasteiger partial charge on any atom is -0.375 e. The number of likely N-dealkylation sites (tertiary alicyclic amines) is 1. The molecule has 2 aromatic heterocycles. The molecule has 2 aromatic rings. The van der Waals surface area contributed by atoms with E-state index in [4.69, 9.17) is 9.26 Å². The van der Waals surface area contributed by atoms with Gasteiger partial charge in [0.05, 0.1) is 6.04 Å². The van der Waals surface area contributed by atoms with Crippen LogP contribution in [-0.4, -0.2) is 52.2 Å². The van der Waals surface area contributed by atoms with Gasteiger partial charge in [0.25, 0.3) is 5.91 Å². The van der Waals surface area contributed by atoms with Crippen LogP contribution in [0.1, 0.15) is 56.9 Å². The van der Waals surface area contributed by atoms with Gasteiger partial charge < -0.3 is 14.6 Å². The molecule has 0 spiro atoms. The zero-order valence-electron chi connectivity index (χ0n) is 16.3.